The first-order valence-electron chi connectivity index (χ1n) is 4.40. The lowest BCUT2D eigenvalue weighted by atomic mass is 10.4. The molecular formula is C8H16N2O3S. The molecule has 0 unspecified atom stereocenters. The maximum atomic E-state index is 10.9. The minimum absolute atomic E-state index is 0.0103. The van der Waals surface area contributed by atoms with Crippen molar-refractivity contribution in [3.05, 3.63) is 0 Å². The Bertz CT molecular complexity index is 199. The summed E-state index contributed by atoms with van der Waals surface area (Å²) in [5.41, 5.74) is 5.27. The Morgan fingerprint density at radius 3 is 2.71 bits per heavy atom. The summed E-state index contributed by atoms with van der Waals surface area (Å²) in [5.74, 6) is -0.0685. The molecule has 0 fully saturated rings. The predicted octanol–water partition coefficient (Wildman–Crippen LogP) is -0.342. The van der Waals surface area contributed by atoms with Gasteiger partial charge in [-0.15, -0.1) is 0 Å². The van der Waals surface area contributed by atoms with Gasteiger partial charge in [0.2, 0.25) is 5.91 Å². The van der Waals surface area contributed by atoms with Crippen molar-refractivity contribution in [2.75, 3.05) is 18.1 Å². The van der Waals surface area contributed by atoms with Crippen LogP contribution >= 0.6 is 11.8 Å². The number of carboxylic acids is 1. The van der Waals surface area contributed by atoms with E-state index in [4.69, 9.17) is 10.8 Å². The van der Waals surface area contributed by atoms with Gasteiger partial charge in [-0.3, -0.25) is 9.59 Å². The van der Waals surface area contributed by atoms with Gasteiger partial charge in [-0.25, -0.2) is 0 Å². The van der Waals surface area contributed by atoms with E-state index in [-0.39, 0.29) is 5.91 Å². The van der Waals surface area contributed by atoms with Crippen LogP contribution in [0.5, 0.6) is 0 Å². The van der Waals surface area contributed by atoms with Gasteiger partial charge in [-0.1, -0.05) is 0 Å². The second kappa shape index (κ2) is 7.64. The molecule has 0 aliphatic heterocycles. The Morgan fingerprint density at radius 1 is 1.57 bits per heavy atom. The van der Waals surface area contributed by atoms with E-state index in [2.05, 4.69) is 5.32 Å². The van der Waals surface area contributed by atoms with Crippen LogP contribution in [0.3, 0.4) is 0 Å². The number of carbonyl (C=O) groups excluding carboxylic acids is 1. The second-order valence-electron chi connectivity index (χ2n) is 2.72. The van der Waals surface area contributed by atoms with E-state index in [0.717, 1.165) is 0 Å². The lowest BCUT2D eigenvalue weighted by Gasteiger charge is -2.05. The molecule has 0 aromatic carbocycles. The Labute approximate surface area is 87.4 Å². The monoisotopic (exact) mass is 220 g/mol. The average Bonchev–Trinajstić information content (AvgIpc) is 2.12. The molecule has 0 saturated heterocycles. The summed E-state index contributed by atoms with van der Waals surface area (Å²) in [7, 11) is 0. The summed E-state index contributed by atoms with van der Waals surface area (Å²) in [4.78, 5) is 21.3. The number of nitrogens with two attached hydrogens (primary N) is 1. The summed E-state index contributed by atoms with van der Waals surface area (Å²) in [6.07, 6.45) is 0.408. The first kappa shape index (κ1) is 13.2. The number of carbonyl (C=O) groups is 2. The molecule has 0 aromatic heterocycles. The largest absolute Gasteiger partial charge is 0.480 e. The van der Waals surface area contributed by atoms with Crippen LogP contribution in [0.4, 0.5) is 0 Å². The predicted molar refractivity (Wildman–Crippen MR) is 56.2 cm³/mol. The molecule has 1 amide bonds. The quantitative estimate of drug-likeness (QED) is 0.510. The Kier molecular flexibility index (Phi) is 7.23. The standard InChI is InChI=1S/C8H16N2O3S/c1-2-10-7(11)3-4-14-5-6(9)8(12)13/h6H,2-5,9H2,1H3,(H,10,11)(H,12,13)/t6-/m1/s1. The molecule has 5 nitrogen and oxygen atoms in total. The van der Waals surface area contributed by atoms with Crippen LogP contribution in [-0.4, -0.2) is 41.1 Å². The maximum Gasteiger partial charge on any atom is 0.321 e. The smallest absolute Gasteiger partial charge is 0.321 e. The van der Waals surface area contributed by atoms with Gasteiger partial charge in [-0.05, 0) is 6.92 Å². The minimum atomic E-state index is -1.00. The van der Waals surface area contributed by atoms with Crippen molar-refractivity contribution in [2.24, 2.45) is 5.73 Å². The molecule has 0 heterocycles. The summed E-state index contributed by atoms with van der Waals surface area (Å²) in [6, 6.07) is -0.839. The highest BCUT2D eigenvalue weighted by molar-refractivity contribution is 7.99. The lowest BCUT2D eigenvalue weighted by Crippen LogP contribution is -2.32. The van der Waals surface area contributed by atoms with Crippen molar-refractivity contribution < 1.29 is 14.7 Å². The SMILES string of the molecule is CCNC(=O)CCSC[C@@H](N)C(=O)O. The Balaban J connectivity index is 3.37. The topological polar surface area (TPSA) is 92.4 Å². The number of hydrogen-bond donors (Lipinski definition) is 3. The van der Waals surface area contributed by atoms with E-state index in [1.54, 1.807) is 0 Å². The first-order valence-corrected chi connectivity index (χ1v) is 5.56. The third kappa shape index (κ3) is 6.73. The minimum Gasteiger partial charge on any atom is -0.480 e. The fourth-order valence-corrected chi connectivity index (χ4v) is 1.62. The first-order chi connectivity index (χ1) is 6.57. The van der Waals surface area contributed by atoms with Gasteiger partial charge in [0.1, 0.15) is 6.04 Å². The number of amides is 1. The van der Waals surface area contributed by atoms with Crippen LogP contribution in [0.25, 0.3) is 0 Å². The van der Waals surface area contributed by atoms with Crippen LogP contribution < -0.4 is 11.1 Å². The normalized spacial score (nSPS) is 12.1. The van der Waals surface area contributed by atoms with Crippen LogP contribution in [0.1, 0.15) is 13.3 Å². The van der Waals surface area contributed by atoms with Gasteiger partial charge < -0.3 is 16.2 Å². The summed E-state index contributed by atoms with van der Waals surface area (Å²) < 4.78 is 0. The second-order valence-corrected chi connectivity index (χ2v) is 3.87. The molecule has 6 heteroatoms. The molecule has 0 radical (unpaired) electrons. The molecule has 82 valence electrons. The van der Waals surface area contributed by atoms with Gasteiger partial charge in [-0.2, -0.15) is 11.8 Å². The van der Waals surface area contributed by atoms with Crippen molar-refractivity contribution in [1.82, 2.24) is 5.32 Å². The van der Waals surface area contributed by atoms with Crippen molar-refractivity contribution in [3.63, 3.8) is 0 Å². The van der Waals surface area contributed by atoms with Crippen LogP contribution in [-0.2, 0) is 9.59 Å². The average molecular weight is 220 g/mol. The Morgan fingerprint density at radius 2 is 2.21 bits per heavy atom. The third-order valence-electron chi connectivity index (χ3n) is 1.46. The van der Waals surface area contributed by atoms with Crippen molar-refractivity contribution in [3.8, 4) is 0 Å². The fraction of sp³-hybridized carbons (Fsp3) is 0.750. The molecule has 0 bridgehead atoms. The van der Waals surface area contributed by atoms with Gasteiger partial charge in [0.15, 0.2) is 0 Å². The maximum absolute atomic E-state index is 10.9. The molecule has 0 aromatic rings. The summed E-state index contributed by atoms with van der Waals surface area (Å²) in [6.45, 7) is 2.48. The number of aliphatic carboxylic acids is 1. The van der Waals surface area contributed by atoms with Crippen molar-refractivity contribution >= 4 is 23.6 Å². The molecule has 0 saturated carbocycles. The summed E-state index contributed by atoms with van der Waals surface area (Å²) in [5, 5.41) is 11.1. The van der Waals surface area contributed by atoms with Crippen LogP contribution in [0.15, 0.2) is 0 Å². The van der Waals surface area contributed by atoms with E-state index in [1.165, 1.54) is 11.8 Å². The van der Waals surface area contributed by atoms with Crippen molar-refractivity contribution in [1.29, 1.82) is 0 Å². The Hall–Kier alpha value is -0.750. The van der Waals surface area contributed by atoms with Crippen LogP contribution in [0, 0.1) is 0 Å². The molecule has 4 N–H and O–H groups in total. The molecule has 14 heavy (non-hydrogen) atoms. The zero-order valence-corrected chi connectivity index (χ0v) is 8.97. The van der Waals surface area contributed by atoms with E-state index in [1.807, 2.05) is 6.92 Å². The van der Waals surface area contributed by atoms with Gasteiger partial charge in [0.25, 0.3) is 0 Å². The van der Waals surface area contributed by atoms with Gasteiger partial charge in [0.05, 0.1) is 0 Å². The van der Waals surface area contributed by atoms with E-state index in [0.29, 0.717) is 24.5 Å². The highest BCUT2D eigenvalue weighted by Crippen LogP contribution is 2.03. The van der Waals surface area contributed by atoms with Gasteiger partial charge >= 0.3 is 5.97 Å². The third-order valence-corrected chi connectivity index (χ3v) is 2.55. The molecule has 0 spiro atoms. The zero-order valence-electron chi connectivity index (χ0n) is 8.16. The molecule has 0 rings (SSSR count). The van der Waals surface area contributed by atoms with E-state index >= 15 is 0 Å². The number of thioether (sulfide) groups is 1. The molecule has 0 aliphatic carbocycles. The molecule has 1 atom stereocenters. The highest BCUT2D eigenvalue weighted by atomic mass is 32.2. The van der Waals surface area contributed by atoms with E-state index in [9.17, 15) is 9.59 Å². The van der Waals surface area contributed by atoms with Crippen LogP contribution in [0.2, 0.25) is 0 Å². The molecular weight excluding hydrogens is 204 g/mol. The number of hydrogen-bond acceptors (Lipinski definition) is 4. The number of rotatable bonds is 7. The summed E-state index contributed by atoms with van der Waals surface area (Å²) >= 11 is 1.38. The van der Waals surface area contributed by atoms with Gasteiger partial charge in [0, 0.05) is 24.5 Å². The van der Waals surface area contributed by atoms with Crippen molar-refractivity contribution in [2.45, 2.75) is 19.4 Å². The molecule has 0 aliphatic rings. The lowest BCUT2D eigenvalue weighted by molar-refractivity contribution is -0.137. The van der Waals surface area contributed by atoms with E-state index < -0.39 is 12.0 Å². The number of carboxylic acid groups (broad SMARTS) is 1. The highest BCUT2D eigenvalue weighted by Gasteiger charge is 2.10. The fourth-order valence-electron chi connectivity index (χ4n) is 0.732. The zero-order chi connectivity index (χ0) is 11.0. The number of nitrogens with one attached hydrogen (secondary N) is 1.